The van der Waals surface area contributed by atoms with Crippen LogP contribution in [0.5, 0.6) is 0 Å². The van der Waals surface area contributed by atoms with Crippen LogP contribution in [0.2, 0.25) is 0 Å². The molecule has 0 bridgehead atoms. The normalized spacial score (nSPS) is 26.3. The highest BCUT2D eigenvalue weighted by Gasteiger charge is 2.26. The maximum absolute atomic E-state index is 11.7. The average molecular weight is 210 g/mol. The number of hydrogen-bond acceptors (Lipinski definition) is 2. The highest BCUT2D eigenvalue weighted by atomic mass is 16.2. The predicted molar refractivity (Wildman–Crippen MR) is 62.4 cm³/mol. The third kappa shape index (κ3) is 3.34. The van der Waals surface area contributed by atoms with Crippen LogP contribution in [0, 0.1) is 5.92 Å². The van der Waals surface area contributed by atoms with Gasteiger partial charge in [0.2, 0.25) is 5.91 Å². The van der Waals surface area contributed by atoms with Crippen LogP contribution in [0.4, 0.5) is 0 Å². The molecule has 0 aliphatic carbocycles. The van der Waals surface area contributed by atoms with Crippen LogP contribution in [0.3, 0.4) is 0 Å². The standard InChI is InChI=1S/C12H22N2O/c1-4-10-5-6-14(8-11(10)13)12(15)7-9(2)3/h7,10-11H,4-6,8,13H2,1-3H3. The van der Waals surface area contributed by atoms with Gasteiger partial charge in [-0.2, -0.15) is 0 Å². The van der Waals surface area contributed by atoms with Gasteiger partial charge in [0, 0.05) is 25.2 Å². The van der Waals surface area contributed by atoms with Crippen molar-refractivity contribution in [1.82, 2.24) is 4.90 Å². The molecule has 1 saturated heterocycles. The first-order valence-corrected chi connectivity index (χ1v) is 5.74. The van der Waals surface area contributed by atoms with Crippen LogP contribution in [0.25, 0.3) is 0 Å². The molecule has 1 heterocycles. The van der Waals surface area contributed by atoms with E-state index in [4.69, 9.17) is 5.73 Å². The van der Waals surface area contributed by atoms with E-state index in [2.05, 4.69) is 6.92 Å². The summed E-state index contributed by atoms with van der Waals surface area (Å²) in [4.78, 5) is 13.6. The van der Waals surface area contributed by atoms with E-state index in [1.165, 1.54) is 0 Å². The monoisotopic (exact) mass is 210 g/mol. The van der Waals surface area contributed by atoms with Crippen molar-refractivity contribution >= 4 is 5.91 Å². The van der Waals surface area contributed by atoms with Gasteiger partial charge in [0.25, 0.3) is 0 Å². The van der Waals surface area contributed by atoms with Gasteiger partial charge >= 0.3 is 0 Å². The summed E-state index contributed by atoms with van der Waals surface area (Å²) in [7, 11) is 0. The van der Waals surface area contributed by atoms with E-state index in [0.717, 1.165) is 25.0 Å². The molecule has 1 amide bonds. The summed E-state index contributed by atoms with van der Waals surface area (Å²) in [6, 6.07) is 0.151. The molecular weight excluding hydrogens is 188 g/mol. The second kappa shape index (κ2) is 5.31. The van der Waals surface area contributed by atoms with Crippen molar-refractivity contribution in [3.8, 4) is 0 Å². The van der Waals surface area contributed by atoms with Crippen LogP contribution in [0.1, 0.15) is 33.6 Å². The Balaban J connectivity index is 2.54. The van der Waals surface area contributed by atoms with E-state index in [1.807, 2.05) is 18.7 Å². The van der Waals surface area contributed by atoms with Gasteiger partial charge in [-0.25, -0.2) is 0 Å². The van der Waals surface area contributed by atoms with Gasteiger partial charge in [0.1, 0.15) is 0 Å². The number of carbonyl (C=O) groups excluding carboxylic acids is 1. The average Bonchev–Trinajstić information content (AvgIpc) is 2.16. The number of nitrogens with two attached hydrogens (primary N) is 1. The van der Waals surface area contributed by atoms with E-state index < -0.39 is 0 Å². The second-order valence-electron chi connectivity index (χ2n) is 4.63. The van der Waals surface area contributed by atoms with E-state index >= 15 is 0 Å². The molecule has 86 valence electrons. The lowest BCUT2D eigenvalue weighted by Crippen LogP contribution is -2.50. The summed E-state index contributed by atoms with van der Waals surface area (Å²) in [6.07, 6.45) is 3.85. The van der Waals surface area contributed by atoms with Gasteiger partial charge < -0.3 is 10.6 Å². The molecule has 0 radical (unpaired) electrons. The molecule has 0 saturated carbocycles. The third-order valence-electron chi connectivity index (χ3n) is 3.05. The number of carbonyl (C=O) groups is 1. The summed E-state index contributed by atoms with van der Waals surface area (Å²) in [5.41, 5.74) is 7.08. The lowest BCUT2D eigenvalue weighted by Gasteiger charge is -2.35. The van der Waals surface area contributed by atoms with E-state index in [1.54, 1.807) is 6.08 Å². The zero-order valence-electron chi connectivity index (χ0n) is 9.99. The molecule has 1 fully saturated rings. The van der Waals surface area contributed by atoms with Crippen LogP contribution in [-0.4, -0.2) is 29.9 Å². The van der Waals surface area contributed by atoms with E-state index in [-0.39, 0.29) is 11.9 Å². The fourth-order valence-electron chi connectivity index (χ4n) is 2.08. The molecule has 3 nitrogen and oxygen atoms in total. The smallest absolute Gasteiger partial charge is 0.246 e. The number of likely N-dealkylation sites (tertiary alicyclic amines) is 1. The zero-order valence-corrected chi connectivity index (χ0v) is 9.99. The molecule has 2 N–H and O–H groups in total. The van der Waals surface area contributed by atoms with Crippen LogP contribution in [-0.2, 0) is 4.79 Å². The number of nitrogens with zero attached hydrogens (tertiary/aromatic N) is 1. The highest BCUT2D eigenvalue weighted by molar-refractivity contribution is 5.88. The predicted octanol–water partition coefficient (Wildman–Crippen LogP) is 1.54. The zero-order chi connectivity index (χ0) is 11.4. The van der Waals surface area contributed by atoms with Crippen LogP contribution in [0.15, 0.2) is 11.6 Å². The third-order valence-corrected chi connectivity index (χ3v) is 3.05. The SMILES string of the molecule is CCC1CCN(C(=O)C=C(C)C)CC1N. The Hall–Kier alpha value is -0.830. The van der Waals surface area contributed by atoms with Gasteiger partial charge in [0.05, 0.1) is 0 Å². The van der Waals surface area contributed by atoms with Crippen LogP contribution < -0.4 is 5.73 Å². The maximum Gasteiger partial charge on any atom is 0.246 e. The Labute approximate surface area is 92.3 Å². The number of rotatable bonds is 2. The molecule has 1 aliphatic heterocycles. The van der Waals surface area contributed by atoms with Crippen molar-refractivity contribution in [3.05, 3.63) is 11.6 Å². The minimum absolute atomic E-state index is 0.111. The summed E-state index contributed by atoms with van der Waals surface area (Å²) in [5.74, 6) is 0.695. The molecule has 2 atom stereocenters. The van der Waals surface area contributed by atoms with Crippen molar-refractivity contribution in [2.24, 2.45) is 11.7 Å². The lowest BCUT2D eigenvalue weighted by molar-refractivity contribution is -0.127. The minimum atomic E-state index is 0.111. The Kier molecular flexibility index (Phi) is 4.33. The quantitative estimate of drug-likeness (QED) is 0.703. The number of hydrogen-bond donors (Lipinski definition) is 1. The van der Waals surface area contributed by atoms with Gasteiger partial charge in [-0.15, -0.1) is 0 Å². The Morgan fingerprint density at radius 2 is 2.20 bits per heavy atom. The first-order valence-electron chi connectivity index (χ1n) is 5.74. The first-order chi connectivity index (χ1) is 7.04. The molecule has 2 unspecified atom stereocenters. The van der Waals surface area contributed by atoms with Gasteiger partial charge in [-0.1, -0.05) is 18.9 Å². The van der Waals surface area contributed by atoms with Crippen molar-refractivity contribution < 1.29 is 4.79 Å². The summed E-state index contributed by atoms with van der Waals surface area (Å²) < 4.78 is 0. The number of amides is 1. The molecule has 1 aliphatic rings. The van der Waals surface area contributed by atoms with Gasteiger partial charge in [-0.05, 0) is 26.2 Å². The highest BCUT2D eigenvalue weighted by Crippen LogP contribution is 2.19. The van der Waals surface area contributed by atoms with Crippen LogP contribution >= 0.6 is 0 Å². The summed E-state index contributed by atoms with van der Waals surface area (Å²) >= 11 is 0. The van der Waals surface area contributed by atoms with E-state index in [9.17, 15) is 4.79 Å². The summed E-state index contributed by atoms with van der Waals surface area (Å²) in [5, 5.41) is 0. The molecule has 1 rings (SSSR count). The molecule has 0 aromatic rings. The maximum atomic E-state index is 11.7. The summed E-state index contributed by atoms with van der Waals surface area (Å²) in [6.45, 7) is 7.61. The fourth-order valence-corrected chi connectivity index (χ4v) is 2.08. The first kappa shape index (κ1) is 12.2. The molecule has 0 aromatic heterocycles. The van der Waals surface area contributed by atoms with Crippen molar-refractivity contribution in [2.75, 3.05) is 13.1 Å². The molecule has 0 spiro atoms. The van der Waals surface area contributed by atoms with E-state index in [0.29, 0.717) is 12.5 Å². The number of allylic oxidation sites excluding steroid dienone is 1. The Morgan fingerprint density at radius 1 is 1.53 bits per heavy atom. The Bertz CT molecular complexity index is 256. The molecular formula is C12H22N2O. The fraction of sp³-hybridized carbons (Fsp3) is 0.750. The minimum Gasteiger partial charge on any atom is -0.338 e. The topological polar surface area (TPSA) is 46.3 Å². The lowest BCUT2D eigenvalue weighted by atomic mass is 9.90. The van der Waals surface area contributed by atoms with Crippen molar-refractivity contribution in [2.45, 2.75) is 39.7 Å². The van der Waals surface area contributed by atoms with Crippen molar-refractivity contribution in [1.29, 1.82) is 0 Å². The van der Waals surface area contributed by atoms with Crippen molar-refractivity contribution in [3.63, 3.8) is 0 Å². The second-order valence-corrected chi connectivity index (χ2v) is 4.63. The Morgan fingerprint density at radius 3 is 2.67 bits per heavy atom. The molecule has 15 heavy (non-hydrogen) atoms. The molecule has 0 aromatic carbocycles. The largest absolute Gasteiger partial charge is 0.338 e. The molecule has 3 heteroatoms. The van der Waals surface area contributed by atoms with Gasteiger partial charge in [-0.3, -0.25) is 4.79 Å². The van der Waals surface area contributed by atoms with Gasteiger partial charge in [0.15, 0.2) is 0 Å². The number of piperidine rings is 1.